The third-order valence-corrected chi connectivity index (χ3v) is 4.06. The first-order valence-corrected chi connectivity index (χ1v) is 7.21. The summed E-state index contributed by atoms with van der Waals surface area (Å²) in [4.78, 5) is 16.1. The summed E-state index contributed by atoms with van der Waals surface area (Å²) < 4.78 is 0. The lowest BCUT2D eigenvalue weighted by atomic mass is 9.87. The zero-order valence-electron chi connectivity index (χ0n) is 12.2. The monoisotopic (exact) mass is 255 g/mol. The lowest BCUT2D eigenvalue weighted by molar-refractivity contribution is -0.131. The van der Waals surface area contributed by atoms with Crippen molar-refractivity contribution in [3.8, 4) is 0 Å². The highest BCUT2D eigenvalue weighted by molar-refractivity contribution is 5.77. The van der Waals surface area contributed by atoms with Gasteiger partial charge in [0, 0.05) is 13.6 Å². The summed E-state index contributed by atoms with van der Waals surface area (Å²) >= 11 is 0. The molecule has 1 aliphatic heterocycles. The van der Waals surface area contributed by atoms with Crippen molar-refractivity contribution in [3.05, 3.63) is 0 Å². The van der Waals surface area contributed by atoms with E-state index in [2.05, 4.69) is 18.7 Å². The van der Waals surface area contributed by atoms with Gasteiger partial charge in [0.25, 0.3) is 0 Å². The van der Waals surface area contributed by atoms with E-state index in [1.54, 1.807) is 4.90 Å². The fourth-order valence-corrected chi connectivity index (χ4v) is 2.54. The van der Waals surface area contributed by atoms with Gasteiger partial charge in [0.15, 0.2) is 0 Å². The van der Waals surface area contributed by atoms with Crippen LogP contribution in [0.5, 0.6) is 0 Å². The van der Waals surface area contributed by atoms with Gasteiger partial charge in [0.05, 0.1) is 6.54 Å². The normalized spacial score (nSPS) is 18.3. The van der Waals surface area contributed by atoms with Gasteiger partial charge in [-0.1, -0.05) is 13.8 Å². The third kappa shape index (κ3) is 4.94. The molecule has 0 aromatic heterocycles. The Bertz CT molecular complexity index is 247. The first kappa shape index (κ1) is 15.4. The quantitative estimate of drug-likeness (QED) is 0.775. The third-order valence-electron chi connectivity index (χ3n) is 4.06. The molecule has 1 amide bonds. The Morgan fingerprint density at radius 3 is 2.50 bits per heavy atom. The molecule has 18 heavy (non-hydrogen) atoms. The molecular formula is C14H29N3O. The summed E-state index contributed by atoms with van der Waals surface area (Å²) in [6, 6.07) is 0. The highest BCUT2D eigenvalue weighted by atomic mass is 16.2. The number of piperidine rings is 1. The Hall–Kier alpha value is -0.610. The number of nitrogens with two attached hydrogens (primary N) is 1. The maximum absolute atomic E-state index is 12.0. The van der Waals surface area contributed by atoms with E-state index in [0.29, 0.717) is 13.1 Å². The molecule has 1 aliphatic rings. The van der Waals surface area contributed by atoms with E-state index in [9.17, 15) is 4.79 Å². The molecule has 1 rings (SSSR count). The Morgan fingerprint density at radius 2 is 2.00 bits per heavy atom. The van der Waals surface area contributed by atoms with E-state index in [1.165, 1.54) is 12.8 Å². The van der Waals surface area contributed by atoms with E-state index in [1.807, 2.05) is 7.05 Å². The first-order chi connectivity index (χ1) is 8.54. The Morgan fingerprint density at radius 1 is 1.39 bits per heavy atom. The van der Waals surface area contributed by atoms with Crippen LogP contribution in [0.1, 0.15) is 33.1 Å². The first-order valence-electron chi connectivity index (χ1n) is 7.21. The Kier molecular flexibility index (Phi) is 6.65. The van der Waals surface area contributed by atoms with Gasteiger partial charge in [-0.05, 0) is 50.7 Å². The number of hydrogen-bond acceptors (Lipinski definition) is 3. The lowest BCUT2D eigenvalue weighted by Gasteiger charge is -2.34. The van der Waals surface area contributed by atoms with Gasteiger partial charge in [0.2, 0.25) is 5.91 Å². The maximum atomic E-state index is 12.0. The molecule has 0 spiro atoms. The number of nitrogens with zero attached hydrogens (tertiary/aromatic N) is 2. The van der Waals surface area contributed by atoms with Crippen molar-refractivity contribution in [1.29, 1.82) is 0 Å². The molecule has 0 atom stereocenters. The molecule has 1 fully saturated rings. The van der Waals surface area contributed by atoms with Crippen molar-refractivity contribution in [2.24, 2.45) is 17.6 Å². The van der Waals surface area contributed by atoms with Gasteiger partial charge in [-0.3, -0.25) is 9.69 Å². The van der Waals surface area contributed by atoms with Crippen molar-refractivity contribution >= 4 is 5.91 Å². The predicted octanol–water partition coefficient (Wildman–Crippen LogP) is 1.16. The van der Waals surface area contributed by atoms with Gasteiger partial charge in [-0.15, -0.1) is 0 Å². The molecule has 4 nitrogen and oxygen atoms in total. The number of carbonyl (C=O) groups is 1. The van der Waals surface area contributed by atoms with Gasteiger partial charge in [-0.2, -0.15) is 0 Å². The summed E-state index contributed by atoms with van der Waals surface area (Å²) in [6.45, 7) is 8.73. The van der Waals surface area contributed by atoms with Crippen LogP contribution in [0.3, 0.4) is 0 Å². The average Bonchev–Trinajstić information content (AvgIpc) is 2.36. The van der Waals surface area contributed by atoms with E-state index in [4.69, 9.17) is 5.73 Å². The van der Waals surface area contributed by atoms with Crippen molar-refractivity contribution in [2.45, 2.75) is 33.1 Å². The van der Waals surface area contributed by atoms with Crippen LogP contribution < -0.4 is 5.73 Å². The summed E-state index contributed by atoms with van der Waals surface area (Å²) in [7, 11) is 1.87. The van der Waals surface area contributed by atoms with Crippen molar-refractivity contribution < 1.29 is 4.79 Å². The van der Waals surface area contributed by atoms with Gasteiger partial charge in [0.1, 0.15) is 0 Å². The maximum Gasteiger partial charge on any atom is 0.236 e. The molecule has 106 valence electrons. The van der Waals surface area contributed by atoms with E-state index < -0.39 is 0 Å². The molecule has 0 radical (unpaired) electrons. The van der Waals surface area contributed by atoms with Gasteiger partial charge < -0.3 is 10.6 Å². The van der Waals surface area contributed by atoms with Crippen molar-refractivity contribution in [2.75, 3.05) is 39.8 Å². The van der Waals surface area contributed by atoms with E-state index in [0.717, 1.165) is 37.9 Å². The summed E-state index contributed by atoms with van der Waals surface area (Å²) in [5.41, 5.74) is 5.46. The highest BCUT2D eigenvalue weighted by Gasteiger charge is 2.23. The van der Waals surface area contributed by atoms with E-state index >= 15 is 0 Å². The molecule has 4 heteroatoms. The van der Waals surface area contributed by atoms with Gasteiger partial charge >= 0.3 is 0 Å². The van der Waals surface area contributed by atoms with Crippen LogP contribution in [-0.4, -0.2) is 55.5 Å². The molecule has 1 heterocycles. The molecule has 0 aromatic carbocycles. The van der Waals surface area contributed by atoms with Crippen LogP contribution in [0, 0.1) is 11.8 Å². The minimum absolute atomic E-state index is 0.228. The fourth-order valence-electron chi connectivity index (χ4n) is 2.54. The second-order valence-electron chi connectivity index (χ2n) is 5.82. The van der Waals surface area contributed by atoms with E-state index in [-0.39, 0.29) is 5.91 Å². The van der Waals surface area contributed by atoms with Crippen LogP contribution in [0.15, 0.2) is 0 Å². The van der Waals surface area contributed by atoms with Crippen molar-refractivity contribution in [3.63, 3.8) is 0 Å². The van der Waals surface area contributed by atoms with Crippen molar-refractivity contribution in [1.82, 2.24) is 9.80 Å². The zero-order chi connectivity index (χ0) is 13.5. The number of rotatable bonds is 6. The molecule has 0 saturated carbocycles. The molecule has 2 N–H and O–H groups in total. The number of likely N-dealkylation sites (N-methyl/N-ethyl adjacent to an activating group) is 1. The van der Waals surface area contributed by atoms with Crippen LogP contribution in [0.2, 0.25) is 0 Å². The molecule has 0 aromatic rings. The lowest BCUT2D eigenvalue weighted by Crippen LogP contribution is -2.43. The number of carbonyl (C=O) groups excluding carboxylic acids is 1. The standard InChI is InChI=1S/C14H29N3O/c1-12(2)13-5-9-17(10-6-13)11-14(18)16(3)8-4-7-15/h12-13H,4-11,15H2,1-3H3. The number of amides is 1. The van der Waals surface area contributed by atoms with Crippen LogP contribution in [-0.2, 0) is 4.79 Å². The second-order valence-corrected chi connectivity index (χ2v) is 5.82. The smallest absolute Gasteiger partial charge is 0.236 e. The SMILES string of the molecule is CC(C)C1CCN(CC(=O)N(C)CCCN)CC1. The summed E-state index contributed by atoms with van der Waals surface area (Å²) in [5, 5.41) is 0. The Balaban J connectivity index is 2.25. The fraction of sp³-hybridized carbons (Fsp3) is 0.929. The molecule has 0 aliphatic carbocycles. The number of hydrogen-bond donors (Lipinski definition) is 1. The predicted molar refractivity (Wildman–Crippen MR) is 75.3 cm³/mol. The highest BCUT2D eigenvalue weighted by Crippen LogP contribution is 2.24. The minimum atomic E-state index is 0.228. The molecular weight excluding hydrogens is 226 g/mol. The summed E-state index contributed by atoms with van der Waals surface area (Å²) in [6.07, 6.45) is 3.35. The molecule has 0 bridgehead atoms. The van der Waals surface area contributed by atoms with Crippen LogP contribution in [0.4, 0.5) is 0 Å². The second kappa shape index (κ2) is 7.74. The van der Waals surface area contributed by atoms with Gasteiger partial charge in [-0.25, -0.2) is 0 Å². The topological polar surface area (TPSA) is 49.6 Å². The number of likely N-dealkylation sites (tertiary alicyclic amines) is 1. The summed E-state index contributed by atoms with van der Waals surface area (Å²) in [5.74, 6) is 1.84. The largest absolute Gasteiger partial charge is 0.345 e. The van der Waals surface area contributed by atoms with Crippen LogP contribution >= 0.6 is 0 Å². The molecule has 0 unspecified atom stereocenters. The minimum Gasteiger partial charge on any atom is -0.345 e. The zero-order valence-corrected chi connectivity index (χ0v) is 12.2. The Labute approximate surface area is 111 Å². The van der Waals surface area contributed by atoms with Crippen LogP contribution in [0.25, 0.3) is 0 Å². The average molecular weight is 255 g/mol. The molecule has 1 saturated heterocycles.